The Morgan fingerprint density at radius 3 is 2.09 bits per heavy atom. The number of benzene rings is 4. The molecule has 1 aliphatic rings. The molecule has 0 bridgehead atoms. The van der Waals surface area contributed by atoms with Gasteiger partial charge in [0.05, 0.1) is 16.9 Å². The van der Waals surface area contributed by atoms with Gasteiger partial charge in [0.1, 0.15) is 0 Å². The third-order valence-electron chi connectivity index (χ3n) is 7.57. The Labute approximate surface area is 254 Å². The summed E-state index contributed by atoms with van der Waals surface area (Å²) in [5.41, 5.74) is 1.50. The highest BCUT2D eigenvalue weighted by molar-refractivity contribution is 7.89. The normalized spacial score (nSPS) is 15.0. The van der Waals surface area contributed by atoms with Gasteiger partial charge in [0, 0.05) is 17.7 Å². The van der Waals surface area contributed by atoms with Crippen molar-refractivity contribution in [1.29, 1.82) is 0 Å². The summed E-state index contributed by atoms with van der Waals surface area (Å²) in [6.07, 6.45) is 3.26. The largest absolute Gasteiger partial charge is 0.439 e. The lowest BCUT2D eigenvalue weighted by Gasteiger charge is -2.42. The summed E-state index contributed by atoms with van der Waals surface area (Å²) in [7, 11) is -4.11. The van der Waals surface area contributed by atoms with E-state index in [2.05, 4.69) is 18.4 Å². The fourth-order valence-electron chi connectivity index (χ4n) is 5.09. The van der Waals surface area contributed by atoms with Crippen molar-refractivity contribution in [1.82, 2.24) is 4.31 Å². The molecule has 6 heteroatoms. The molecule has 4 aromatic rings. The quantitative estimate of drug-likeness (QED) is 0.111. The van der Waals surface area contributed by atoms with Gasteiger partial charge in [-0.3, -0.25) is 4.79 Å². The van der Waals surface area contributed by atoms with Crippen LogP contribution in [0.2, 0.25) is 0 Å². The van der Waals surface area contributed by atoms with Crippen molar-refractivity contribution >= 4 is 16.0 Å². The summed E-state index contributed by atoms with van der Waals surface area (Å²) < 4.78 is 37.0. The molecular formula is C37H35NO4S. The molecule has 5 nitrogen and oxygen atoms in total. The van der Waals surface area contributed by atoms with E-state index in [4.69, 9.17) is 4.74 Å². The smallest absolute Gasteiger partial charge is 0.310 e. The van der Waals surface area contributed by atoms with E-state index in [1.165, 1.54) is 4.31 Å². The molecule has 5 rings (SSSR count). The number of carbonyl (C=O) groups excluding carboxylic acids is 1. The molecule has 0 aromatic heterocycles. The van der Waals surface area contributed by atoms with Gasteiger partial charge in [-0.05, 0) is 61.9 Å². The Kier molecular flexibility index (Phi) is 9.25. The third kappa shape index (κ3) is 6.97. The van der Waals surface area contributed by atoms with Crippen molar-refractivity contribution in [3.63, 3.8) is 0 Å². The van der Waals surface area contributed by atoms with Gasteiger partial charge in [0.25, 0.3) is 0 Å². The highest BCUT2D eigenvalue weighted by atomic mass is 32.2. The van der Waals surface area contributed by atoms with E-state index >= 15 is 0 Å². The molecule has 0 amide bonds. The van der Waals surface area contributed by atoms with E-state index in [9.17, 15) is 13.2 Å². The average Bonchev–Trinajstić information content (AvgIpc) is 3.89. The summed E-state index contributed by atoms with van der Waals surface area (Å²) in [4.78, 5) is 13.8. The minimum atomic E-state index is -4.11. The maximum absolute atomic E-state index is 14.5. The van der Waals surface area contributed by atoms with Gasteiger partial charge in [0.15, 0.2) is 0 Å². The summed E-state index contributed by atoms with van der Waals surface area (Å²) in [5.74, 6) is 5.96. The molecule has 0 heterocycles. The fourth-order valence-corrected chi connectivity index (χ4v) is 6.70. The molecule has 0 saturated heterocycles. The van der Waals surface area contributed by atoms with Crippen LogP contribution in [-0.2, 0) is 31.6 Å². The van der Waals surface area contributed by atoms with Gasteiger partial charge in [-0.2, -0.15) is 4.31 Å². The van der Waals surface area contributed by atoms with Crippen molar-refractivity contribution in [2.24, 2.45) is 5.92 Å². The zero-order valence-electron chi connectivity index (χ0n) is 24.2. The molecule has 1 aliphatic carbocycles. The van der Waals surface area contributed by atoms with E-state index in [1.807, 2.05) is 97.9 Å². The third-order valence-corrected chi connectivity index (χ3v) is 9.46. The highest BCUT2D eigenvalue weighted by Gasteiger charge is 2.51. The Bertz CT molecular complexity index is 1710. The summed E-state index contributed by atoms with van der Waals surface area (Å²) in [6, 6.07) is 34.2. The van der Waals surface area contributed by atoms with Crippen molar-refractivity contribution < 1.29 is 17.9 Å². The lowest BCUT2D eigenvalue weighted by atomic mass is 9.82. The number of carbonyl (C=O) groups is 1. The standard InChI is InChI=1S/C37H35NO4S/c1-3-27-38(43(40,41)34-23-19-29(2)20-24-34)35(28-31-15-9-5-10-16-31)37(33-17-11-6-12-18-33,42-36(39)32-21-22-32)26-25-30-13-7-4-8-14-30/h3-20,23-24,32,35H,1,21-22,27-28H2,2H3/t35-,37?/m0/s1. The topological polar surface area (TPSA) is 63.7 Å². The first-order valence-corrected chi connectivity index (χ1v) is 15.9. The van der Waals surface area contributed by atoms with Crippen molar-refractivity contribution in [2.75, 3.05) is 6.54 Å². The van der Waals surface area contributed by atoms with E-state index in [1.54, 1.807) is 30.3 Å². The number of ether oxygens (including phenoxy) is 1. The van der Waals surface area contributed by atoms with Crippen LogP contribution in [0.5, 0.6) is 0 Å². The molecule has 0 aliphatic heterocycles. The van der Waals surface area contributed by atoms with Gasteiger partial charge in [-0.1, -0.05) is 109 Å². The maximum Gasteiger partial charge on any atom is 0.310 e. The average molecular weight is 590 g/mol. The van der Waals surface area contributed by atoms with E-state index in [-0.39, 0.29) is 29.7 Å². The molecule has 218 valence electrons. The van der Waals surface area contributed by atoms with Crippen LogP contribution in [0, 0.1) is 24.7 Å². The summed E-state index contributed by atoms with van der Waals surface area (Å²) >= 11 is 0. The number of esters is 1. The molecule has 43 heavy (non-hydrogen) atoms. The van der Waals surface area contributed by atoms with Crippen molar-refractivity contribution in [3.05, 3.63) is 150 Å². The van der Waals surface area contributed by atoms with Crippen LogP contribution in [0.1, 0.15) is 35.1 Å². The Morgan fingerprint density at radius 1 is 0.930 bits per heavy atom. The SMILES string of the molecule is C=CCN([C@@H](Cc1ccccc1)C(C#Cc1ccccc1)(OC(=O)C1CC1)c1ccccc1)S(=O)(=O)c1ccc(C)cc1. The molecule has 0 spiro atoms. The van der Waals surface area contributed by atoms with Gasteiger partial charge >= 0.3 is 5.97 Å². The van der Waals surface area contributed by atoms with Crippen LogP contribution in [-0.4, -0.2) is 31.3 Å². The highest BCUT2D eigenvalue weighted by Crippen LogP contribution is 2.40. The summed E-state index contributed by atoms with van der Waals surface area (Å²) in [5, 5.41) is 0. The van der Waals surface area contributed by atoms with Gasteiger partial charge < -0.3 is 4.74 Å². The van der Waals surface area contributed by atoms with E-state index < -0.39 is 21.7 Å². The van der Waals surface area contributed by atoms with Crippen molar-refractivity contribution in [3.8, 4) is 11.8 Å². The van der Waals surface area contributed by atoms with Crippen LogP contribution in [0.4, 0.5) is 0 Å². The molecule has 2 atom stereocenters. The number of sulfonamides is 1. The second-order valence-corrected chi connectivity index (χ2v) is 12.7. The second kappa shape index (κ2) is 13.2. The number of hydrogen-bond donors (Lipinski definition) is 0. The molecular weight excluding hydrogens is 554 g/mol. The van der Waals surface area contributed by atoms with Gasteiger partial charge in [-0.15, -0.1) is 6.58 Å². The second-order valence-electron chi connectivity index (χ2n) is 10.8. The predicted octanol–water partition coefficient (Wildman–Crippen LogP) is 6.68. The number of rotatable bonds is 11. The zero-order valence-corrected chi connectivity index (χ0v) is 25.0. The van der Waals surface area contributed by atoms with Gasteiger partial charge in [-0.25, -0.2) is 8.42 Å². The Morgan fingerprint density at radius 2 is 1.51 bits per heavy atom. The molecule has 0 radical (unpaired) electrons. The fraction of sp³-hybridized carbons (Fsp3) is 0.216. The maximum atomic E-state index is 14.5. The molecule has 0 N–H and O–H groups in total. The lowest BCUT2D eigenvalue weighted by Crippen LogP contribution is -2.55. The summed E-state index contributed by atoms with van der Waals surface area (Å²) in [6.45, 7) is 5.80. The monoisotopic (exact) mass is 589 g/mol. The van der Waals surface area contributed by atoms with E-state index in [0.717, 1.165) is 29.5 Å². The van der Waals surface area contributed by atoms with Crippen LogP contribution in [0.3, 0.4) is 0 Å². The minimum absolute atomic E-state index is 0.0176. The first-order chi connectivity index (χ1) is 20.8. The molecule has 1 fully saturated rings. The van der Waals surface area contributed by atoms with Crippen LogP contribution in [0.15, 0.2) is 133 Å². The molecule has 1 saturated carbocycles. The predicted molar refractivity (Wildman–Crippen MR) is 169 cm³/mol. The number of hydrogen-bond acceptors (Lipinski definition) is 4. The Hall–Kier alpha value is -4.44. The Balaban J connectivity index is 1.79. The van der Waals surface area contributed by atoms with E-state index in [0.29, 0.717) is 5.56 Å². The molecule has 1 unspecified atom stereocenters. The molecule has 4 aromatic carbocycles. The number of aryl methyl sites for hydroxylation is 1. The minimum Gasteiger partial charge on any atom is -0.439 e. The first kappa shape index (κ1) is 30.0. The lowest BCUT2D eigenvalue weighted by molar-refractivity contribution is -0.161. The number of nitrogens with zero attached hydrogens (tertiary/aromatic N) is 1. The zero-order chi connectivity index (χ0) is 30.3. The van der Waals surface area contributed by atoms with Crippen LogP contribution < -0.4 is 0 Å². The van der Waals surface area contributed by atoms with Crippen LogP contribution >= 0.6 is 0 Å². The van der Waals surface area contributed by atoms with Gasteiger partial charge in [0.2, 0.25) is 15.6 Å². The van der Waals surface area contributed by atoms with Crippen molar-refractivity contribution in [2.45, 2.75) is 42.7 Å². The first-order valence-electron chi connectivity index (χ1n) is 14.4. The van der Waals surface area contributed by atoms with Crippen LogP contribution in [0.25, 0.3) is 0 Å².